The van der Waals surface area contributed by atoms with E-state index < -0.39 is 6.10 Å². The maximum Gasteiger partial charge on any atom is 0.0988 e. The molecule has 4 heteroatoms. The van der Waals surface area contributed by atoms with Crippen molar-refractivity contribution in [2.24, 2.45) is 5.92 Å². The van der Waals surface area contributed by atoms with Crippen LogP contribution in [-0.4, -0.2) is 23.2 Å². The van der Waals surface area contributed by atoms with Crippen molar-refractivity contribution < 1.29 is 5.11 Å². The Morgan fingerprint density at radius 2 is 2.12 bits per heavy atom. The first-order chi connectivity index (χ1) is 7.68. The number of hydrogen-bond acceptors (Lipinski definition) is 3. The number of hydrogen-bond donors (Lipinski definition) is 2. The molecule has 2 heterocycles. The fourth-order valence-corrected chi connectivity index (χ4v) is 2.35. The topological polar surface area (TPSA) is 45.2 Å². The van der Waals surface area contributed by atoms with Gasteiger partial charge in [-0.15, -0.1) is 0 Å². The molecule has 1 fully saturated rings. The minimum absolute atomic E-state index is 0.342. The number of rotatable bonds is 2. The molecule has 16 heavy (non-hydrogen) atoms. The fourth-order valence-electron chi connectivity index (χ4n) is 2.13. The predicted octanol–water partition coefficient (Wildman–Crippen LogP) is 2.19. The van der Waals surface area contributed by atoms with Crippen molar-refractivity contribution in [3.63, 3.8) is 0 Å². The lowest BCUT2D eigenvalue weighted by molar-refractivity contribution is 0.0850. The Morgan fingerprint density at radius 3 is 2.75 bits per heavy atom. The lowest BCUT2D eigenvalue weighted by Gasteiger charge is -2.27. The minimum atomic E-state index is -0.422. The van der Waals surface area contributed by atoms with Crippen molar-refractivity contribution in [2.45, 2.75) is 25.9 Å². The lowest BCUT2D eigenvalue weighted by Crippen LogP contribution is -2.31. The van der Waals surface area contributed by atoms with Crippen LogP contribution in [0.4, 0.5) is 0 Å². The molecular formula is C12H17BrN2O. The Hall–Kier alpha value is -0.450. The molecule has 0 aliphatic carbocycles. The zero-order chi connectivity index (χ0) is 11.5. The smallest absolute Gasteiger partial charge is 0.0988 e. The molecule has 0 bridgehead atoms. The summed E-state index contributed by atoms with van der Waals surface area (Å²) in [6.45, 7) is 3.94. The molecule has 88 valence electrons. The van der Waals surface area contributed by atoms with Crippen LogP contribution >= 0.6 is 15.9 Å². The summed E-state index contributed by atoms with van der Waals surface area (Å²) in [7, 11) is 0. The highest BCUT2D eigenvalue weighted by atomic mass is 79.9. The third kappa shape index (κ3) is 2.62. The fraction of sp³-hybridized carbons (Fsp3) is 0.583. The third-order valence-electron chi connectivity index (χ3n) is 3.18. The number of nitrogens with one attached hydrogen (secondary N) is 1. The van der Waals surface area contributed by atoms with E-state index in [1.54, 1.807) is 0 Å². The number of nitrogens with zero attached hydrogens (tertiary/aromatic N) is 1. The van der Waals surface area contributed by atoms with Gasteiger partial charge >= 0.3 is 0 Å². The second kappa shape index (κ2) is 5.25. The molecule has 1 saturated heterocycles. The van der Waals surface area contributed by atoms with E-state index in [1.807, 2.05) is 19.1 Å². The van der Waals surface area contributed by atoms with Gasteiger partial charge in [0, 0.05) is 4.47 Å². The zero-order valence-electron chi connectivity index (χ0n) is 9.41. The molecule has 1 aliphatic heterocycles. The second-order valence-electron chi connectivity index (χ2n) is 4.34. The standard InChI is InChI=1S/C12H17BrN2O/c1-8-10(13)2-3-11(15-8)12(16)9-4-6-14-7-5-9/h2-3,9,12,14,16H,4-7H2,1H3. The van der Waals surface area contributed by atoms with Crippen LogP contribution in [0.5, 0.6) is 0 Å². The highest BCUT2D eigenvalue weighted by Crippen LogP contribution is 2.28. The summed E-state index contributed by atoms with van der Waals surface area (Å²) >= 11 is 3.42. The van der Waals surface area contributed by atoms with Gasteiger partial charge in [-0.1, -0.05) is 0 Å². The summed E-state index contributed by atoms with van der Waals surface area (Å²) in [6, 6.07) is 3.87. The summed E-state index contributed by atoms with van der Waals surface area (Å²) in [5.41, 5.74) is 1.73. The average Bonchev–Trinajstić information content (AvgIpc) is 2.33. The summed E-state index contributed by atoms with van der Waals surface area (Å²) in [5, 5.41) is 13.6. The highest BCUT2D eigenvalue weighted by molar-refractivity contribution is 9.10. The number of aliphatic hydroxyl groups excluding tert-OH is 1. The van der Waals surface area contributed by atoms with Gasteiger partial charge in [-0.3, -0.25) is 4.98 Å². The van der Waals surface area contributed by atoms with Gasteiger partial charge in [0.2, 0.25) is 0 Å². The SMILES string of the molecule is Cc1nc(C(O)C2CCNCC2)ccc1Br. The van der Waals surface area contributed by atoms with E-state index in [-0.39, 0.29) is 0 Å². The Morgan fingerprint density at radius 1 is 1.44 bits per heavy atom. The number of aromatic nitrogens is 1. The quantitative estimate of drug-likeness (QED) is 0.875. The Labute approximate surface area is 104 Å². The molecule has 2 rings (SSSR count). The van der Waals surface area contributed by atoms with Crippen molar-refractivity contribution >= 4 is 15.9 Å². The van der Waals surface area contributed by atoms with Crippen molar-refractivity contribution in [1.82, 2.24) is 10.3 Å². The molecule has 2 N–H and O–H groups in total. The summed E-state index contributed by atoms with van der Waals surface area (Å²) in [6.07, 6.45) is 1.63. The largest absolute Gasteiger partial charge is 0.387 e. The molecule has 0 amide bonds. The van der Waals surface area contributed by atoms with E-state index in [4.69, 9.17) is 0 Å². The van der Waals surface area contributed by atoms with E-state index >= 15 is 0 Å². The van der Waals surface area contributed by atoms with Crippen LogP contribution in [0.1, 0.15) is 30.3 Å². The van der Waals surface area contributed by atoms with Gasteiger partial charge in [0.1, 0.15) is 0 Å². The van der Waals surface area contributed by atoms with E-state index in [9.17, 15) is 5.11 Å². The van der Waals surface area contributed by atoms with Crippen LogP contribution in [-0.2, 0) is 0 Å². The molecular weight excluding hydrogens is 268 g/mol. The van der Waals surface area contributed by atoms with E-state index in [1.165, 1.54) is 0 Å². The van der Waals surface area contributed by atoms with Crippen LogP contribution in [0.3, 0.4) is 0 Å². The molecule has 0 radical (unpaired) electrons. The van der Waals surface area contributed by atoms with Crippen molar-refractivity contribution in [2.75, 3.05) is 13.1 Å². The number of halogens is 1. The van der Waals surface area contributed by atoms with Gasteiger partial charge in [0.05, 0.1) is 17.5 Å². The Balaban J connectivity index is 2.12. The molecule has 1 aromatic heterocycles. The first-order valence-electron chi connectivity index (χ1n) is 5.70. The van der Waals surface area contributed by atoms with Gasteiger partial charge in [-0.05, 0) is 66.8 Å². The minimum Gasteiger partial charge on any atom is -0.387 e. The van der Waals surface area contributed by atoms with Gasteiger partial charge in [-0.25, -0.2) is 0 Å². The van der Waals surface area contributed by atoms with Gasteiger partial charge < -0.3 is 10.4 Å². The summed E-state index contributed by atoms with van der Waals surface area (Å²) in [4.78, 5) is 4.43. The number of aryl methyl sites for hydroxylation is 1. The van der Waals surface area contributed by atoms with Crippen LogP contribution in [0.2, 0.25) is 0 Å². The molecule has 0 spiro atoms. The maximum atomic E-state index is 10.3. The zero-order valence-corrected chi connectivity index (χ0v) is 11.0. The molecule has 1 atom stereocenters. The summed E-state index contributed by atoms with van der Waals surface area (Å²) < 4.78 is 0.994. The van der Waals surface area contributed by atoms with Crippen LogP contribution in [0.15, 0.2) is 16.6 Å². The van der Waals surface area contributed by atoms with Gasteiger partial charge in [0.15, 0.2) is 0 Å². The number of pyridine rings is 1. The number of aliphatic hydroxyl groups is 1. The first kappa shape index (κ1) is 12.0. The van der Waals surface area contributed by atoms with Crippen LogP contribution < -0.4 is 5.32 Å². The predicted molar refractivity (Wildman–Crippen MR) is 67.2 cm³/mol. The van der Waals surface area contributed by atoms with E-state index in [2.05, 4.69) is 26.2 Å². The van der Waals surface area contributed by atoms with E-state index in [0.29, 0.717) is 5.92 Å². The lowest BCUT2D eigenvalue weighted by atomic mass is 9.90. The molecule has 0 aromatic carbocycles. The van der Waals surface area contributed by atoms with Crippen molar-refractivity contribution in [3.8, 4) is 0 Å². The molecule has 3 nitrogen and oxygen atoms in total. The third-order valence-corrected chi connectivity index (χ3v) is 4.01. The van der Waals surface area contributed by atoms with Crippen LogP contribution in [0.25, 0.3) is 0 Å². The molecule has 1 aromatic rings. The maximum absolute atomic E-state index is 10.3. The Bertz CT molecular complexity index is 364. The second-order valence-corrected chi connectivity index (χ2v) is 5.19. The Kier molecular flexibility index (Phi) is 3.95. The first-order valence-corrected chi connectivity index (χ1v) is 6.49. The highest BCUT2D eigenvalue weighted by Gasteiger charge is 2.23. The van der Waals surface area contributed by atoms with E-state index in [0.717, 1.165) is 41.8 Å². The molecule has 1 aliphatic rings. The van der Waals surface area contributed by atoms with Gasteiger partial charge in [0.25, 0.3) is 0 Å². The monoisotopic (exact) mass is 284 g/mol. The van der Waals surface area contributed by atoms with Crippen molar-refractivity contribution in [1.29, 1.82) is 0 Å². The average molecular weight is 285 g/mol. The van der Waals surface area contributed by atoms with Gasteiger partial charge in [-0.2, -0.15) is 0 Å². The number of piperidine rings is 1. The summed E-state index contributed by atoms with van der Waals surface area (Å²) in [5.74, 6) is 0.342. The normalized spacial score (nSPS) is 19.7. The molecule has 1 unspecified atom stereocenters. The molecule has 0 saturated carbocycles. The van der Waals surface area contributed by atoms with Crippen molar-refractivity contribution in [3.05, 3.63) is 28.0 Å². The van der Waals surface area contributed by atoms with Crippen LogP contribution in [0, 0.1) is 12.8 Å².